The predicted octanol–water partition coefficient (Wildman–Crippen LogP) is 2.27. The summed E-state index contributed by atoms with van der Waals surface area (Å²) in [6.45, 7) is 12.5. The van der Waals surface area contributed by atoms with Gasteiger partial charge in [-0.2, -0.15) is 0 Å². The van der Waals surface area contributed by atoms with Gasteiger partial charge in [-0.1, -0.05) is 41.5 Å². The summed E-state index contributed by atoms with van der Waals surface area (Å²) in [4.78, 5) is 23.1. The molecule has 0 saturated heterocycles. The Hall–Kier alpha value is -1.10. The van der Waals surface area contributed by atoms with E-state index in [9.17, 15) is 9.59 Å². The molecule has 5 heteroatoms. The lowest BCUT2D eigenvalue weighted by atomic mass is 9.98. The van der Waals surface area contributed by atoms with E-state index in [-0.39, 0.29) is 29.6 Å². The molecule has 0 rings (SSSR count). The van der Waals surface area contributed by atoms with Crippen LogP contribution >= 0.6 is 0 Å². The Labute approximate surface area is 122 Å². The van der Waals surface area contributed by atoms with E-state index in [1.807, 2.05) is 41.5 Å². The number of hydrogen-bond donors (Lipinski definition) is 1. The second-order valence-electron chi connectivity index (χ2n) is 7.53. The molecule has 0 saturated carbocycles. The topological polar surface area (TPSA) is 78.6 Å². The van der Waals surface area contributed by atoms with Crippen molar-refractivity contribution in [2.24, 2.45) is 16.6 Å². The highest BCUT2D eigenvalue weighted by Gasteiger charge is 2.21. The van der Waals surface area contributed by atoms with Gasteiger partial charge < -0.3 is 15.2 Å². The summed E-state index contributed by atoms with van der Waals surface area (Å²) in [5.74, 6) is -0.803. The molecule has 0 aliphatic heterocycles. The average molecular weight is 287 g/mol. The summed E-state index contributed by atoms with van der Waals surface area (Å²) in [6.07, 6.45) is 0.369. The second kappa shape index (κ2) is 7.62. The first-order chi connectivity index (χ1) is 8.91. The van der Waals surface area contributed by atoms with E-state index in [1.54, 1.807) is 0 Å². The highest BCUT2D eigenvalue weighted by atomic mass is 16.5. The van der Waals surface area contributed by atoms with Crippen LogP contribution in [0, 0.1) is 10.8 Å². The molecule has 0 aliphatic carbocycles. The summed E-state index contributed by atoms with van der Waals surface area (Å²) in [6, 6.07) is -0.778. The van der Waals surface area contributed by atoms with Crippen molar-refractivity contribution in [3.63, 3.8) is 0 Å². The fourth-order valence-electron chi connectivity index (χ4n) is 1.16. The summed E-state index contributed by atoms with van der Waals surface area (Å²) in [5.41, 5.74) is 5.53. The van der Waals surface area contributed by atoms with Gasteiger partial charge in [0.15, 0.2) is 0 Å². The Kier molecular flexibility index (Phi) is 7.20. The van der Waals surface area contributed by atoms with Gasteiger partial charge in [-0.3, -0.25) is 9.59 Å². The van der Waals surface area contributed by atoms with Crippen LogP contribution < -0.4 is 5.73 Å². The first kappa shape index (κ1) is 18.9. The number of esters is 2. The summed E-state index contributed by atoms with van der Waals surface area (Å²) < 4.78 is 10.2. The van der Waals surface area contributed by atoms with Crippen LogP contribution in [0.15, 0.2) is 0 Å². The second-order valence-corrected chi connectivity index (χ2v) is 7.53. The number of carbonyl (C=O) groups excluding carboxylic acids is 2. The quantitative estimate of drug-likeness (QED) is 0.758. The molecule has 2 N–H and O–H groups in total. The van der Waals surface area contributed by atoms with Crippen LogP contribution in [0.5, 0.6) is 0 Å². The van der Waals surface area contributed by atoms with Crippen LogP contribution in [0.2, 0.25) is 0 Å². The maximum Gasteiger partial charge on any atom is 0.322 e. The molecule has 0 aromatic heterocycles. The minimum absolute atomic E-state index is 0.0661. The molecule has 0 fully saturated rings. The molecule has 0 aromatic rings. The van der Waals surface area contributed by atoms with Crippen molar-refractivity contribution >= 4 is 11.9 Å². The summed E-state index contributed by atoms with van der Waals surface area (Å²) in [5, 5.41) is 0. The van der Waals surface area contributed by atoms with Gasteiger partial charge >= 0.3 is 11.9 Å². The first-order valence-corrected chi connectivity index (χ1v) is 6.98. The first-order valence-electron chi connectivity index (χ1n) is 6.98. The number of rotatable bonds is 6. The molecule has 0 aliphatic rings. The zero-order valence-corrected chi connectivity index (χ0v) is 13.6. The maximum absolute atomic E-state index is 11.6. The third-order valence-corrected chi connectivity index (χ3v) is 2.28. The number of hydrogen-bond acceptors (Lipinski definition) is 5. The van der Waals surface area contributed by atoms with Crippen LogP contribution in [0.3, 0.4) is 0 Å². The van der Waals surface area contributed by atoms with Crippen molar-refractivity contribution in [1.82, 2.24) is 0 Å². The monoisotopic (exact) mass is 287 g/mol. The smallest absolute Gasteiger partial charge is 0.322 e. The van der Waals surface area contributed by atoms with Crippen LogP contribution in [0.4, 0.5) is 0 Å². The van der Waals surface area contributed by atoms with E-state index in [0.29, 0.717) is 13.2 Å². The Morgan fingerprint density at radius 2 is 1.40 bits per heavy atom. The Morgan fingerprint density at radius 1 is 0.950 bits per heavy atom. The van der Waals surface area contributed by atoms with Crippen LogP contribution in [-0.2, 0) is 19.1 Å². The third kappa shape index (κ3) is 10.8. The van der Waals surface area contributed by atoms with E-state index in [1.165, 1.54) is 0 Å². The zero-order valence-electron chi connectivity index (χ0n) is 13.6. The van der Waals surface area contributed by atoms with Crippen LogP contribution in [-0.4, -0.2) is 31.2 Å². The van der Waals surface area contributed by atoms with Crippen molar-refractivity contribution in [2.45, 2.75) is 60.4 Å². The van der Waals surface area contributed by atoms with Crippen molar-refractivity contribution in [1.29, 1.82) is 0 Å². The maximum atomic E-state index is 11.6. The average Bonchev–Trinajstić information content (AvgIpc) is 2.28. The zero-order chi connectivity index (χ0) is 16.0. The number of nitrogens with two attached hydrogens (primary N) is 1. The van der Waals surface area contributed by atoms with Crippen molar-refractivity contribution in [2.75, 3.05) is 13.2 Å². The Morgan fingerprint density at radius 3 is 1.85 bits per heavy atom. The van der Waals surface area contributed by atoms with E-state index in [0.717, 1.165) is 0 Å². The molecular weight excluding hydrogens is 258 g/mol. The van der Waals surface area contributed by atoms with Gasteiger partial charge in [0.25, 0.3) is 0 Å². The molecule has 0 spiro atoms. The molecule has 0 bridgehead atoms. The van der Waals surface area contributed by atoms with Gasteiger partial charge in [0.2, 0.25) is 0 Å². The molecule has 20 heavy (non-hydrogen) atoms. The van der Waals surface area contributed by atoms with E-state index in [4.69, 9.17) is 15.2 Å². The largest absolute Gasteiger partial charge is 0.465 e. The van der Waals surface area contributed by atoms with Crippen LogP contribution in [0.25, 0.3) is 0 Å². The minimum Gasteiger partial charge on any atom is -0.465 e. The molecular formula is C15H29NO4. The lowest BCUT2D eigenvalue weighted by Crippen LogP contribution is -2.35. The van der Waals surface area contributed by atoms with E-state index >= 15 is 0 Å². The standard InChI is InChI=1S/C15H29NO4/c1-14(2,3)9-19-12(17)8-7-11(16)13(18)20-10-15(4,5)6/h11H,7-10,16H2,1-6H3. The van der Waals surface area contributed by atoms with Gasteiger partial charge in [0.05, 0.1) is 13.2 Å². The normalized spacial score (nSPS) is 13.8. The number of carbonyl (C=O) groups is 2. The fourth-order valence-corrected chi connectivity index (χ4v) is 1.16. The molecule has 118 valence electrons. The molecule has 1 unspecified atom stereocenters. The van der Waals surface area contributed by atoms with Gasteiger partial charge in [-0.15, -0.1) is 0 Å². The fraction of sp³-hybridized carbons (Fsp3) is 0.867. The molecule has 0 aromatic carbocycles. The third-order valence-electron chi connectivity index (χ3n) is 2.28. The molecule has 1 atom stereocenters. The lowest BCUT2D eigenvalue weighted by Gasteiger charge is -2.20. The van der Waals surface area contributed by atoms with Gasteiger partial charge in [0, 0.05) is 6.42 Å². The SMILES string of the molecule is CC(C)(C)COC(=O)CCC(N)C(=O)OCC(C)(C)C. The summed E-state index contributed by atoms with van der Waals surface area (Å²) in [7, 11) is 0. The molecule has 0 radical (unpaired) electrons. The highest BCUT2D eigenvalue weighted by molar-refractivity contribution is 5.77. The van der Waals surface area contributed by atoms with Gasteiger partial charge in [0.1, 0.15) is 6.04 Å². The number of ether oxygens (including phenoxy) is 2. The van der Waals surface area contributed by atoms with Crippen LogP contribution in [0.1, 0.15) is 54.4 Å². The Bertz CT molecular complexity index is 326. The van der Waals surface area contributed by atoms with E-state index in [2.05, 4.69) is 0 Å². The summed E-state index contributed by atoms with van der Waals surface area (Å²) >= 11 is 0. The van der Waals surface area contributed by atoms with Crippen molar-refractivity contribution in [3.05, 3.63) is 0 Å². The van der Waals surface area contributed by atoms with Crippen molar-refractivity contribution in [3.8, 4) is 0 Å². The Balaban J connectivity index is 3.94. The highest BCUT2D eigenvalue weighted by Crippen LogP contribution is 2.15. The predicted molar refractivity (Wildman–Crippen MR) is 78.0 cm³/mol. The molecule has 0 amide bonds. The molecule has 0 heterocycles. The molecule has 5 nitrogen and oxygen atoms in total. The van der Waals surface area contributed by atoms with E-state index < -0.39 is 12.0 Å². The minimum atomic E-state index is -0.778. The van der Waals surface area contributed by atoms with Gasteiger partial charge in [-0.25, -0.2) is 0 Å². The van der Waals surface area contributed by atoms with Crippen molar-refractivity contribution < 1.29 is 19.1 Å². The lowest BCUT2D eigenvalue weighted by molar-refractivity contribution is -0.149. The van der Waals surface area contributed by atoms with Gasteiger partial charge in [-0.05, 0) is 17.3 Å².